The fourth-order valence-corrected chi connectivity index (χ4v) is 2.63. The van der Waals surface area contributed by atoms with Crippen LogP contribution in [0.5, 0.6) is 0 Å². The van der Waals surface area contributed by atoms with Crippen LogP contribution in [0, 0.1) is 6.92 Å². The average molecular weight is 261 g/mol. The standard InChI is InChI=1S/C14H15NO2S/c1-9-6-7-13(18-9)10(2)15-12-5-3-4-11(8-12)14(16)17/h3-8,10,15H,1-2H3,(H,16,17). The number of hydrogen-bond acceptors (Lipinski definition) is 3. The smallest absolute Gasteiger partial charge is 0.335 e. The monoisotopic (exact) mass is 261 g/mol. The summed E-state index contributed by atoms with van der Waals surface area (Å²) in [7, 11) is 0. The van der Waals surface area contributed by atoms with Gasteiger partial charge in [0.15, 0.2) is 0 Å². The van der Waals surface area contributed by atoms with Crippen molar-refractivity contribution < 1.29 is 9.90 Å². The Morgan fingerprint density at radius 1 is 1.33 bits per heavy atom. The van der Waals surface area contributed by atoms with Crippen molar-refractivity contribution in [1.29, 1.82) is 0 Å². The highest BCUT2D eigenvalue weighted by atomic mass is 32.1. The molecule has 0 radical (unpaired) electrons. The van der Waals surface area contributed by atoms with Crippen LogP contribution in [-0.2, 0) is 0 Å². The van der Waals surface area contributed by atoms with Gasteiger partial charge in [-0.3, -0.25) is 0 Å². The van der Waals surface area contributed by atoms with Gasteiger partial charge in [-0.15, -0.1) is 11.3 Å². The van der Waals surface area contributed by atoms with Gasteiger partial charge in [0.1, 0.15) is 0 Å². The summed E-state index contributed by atoms with van der Waals surface area (Å²) in [5.74, 6) is -0.904. The summed E-state index contributed by atoms with van der Waals surface area (Å²) < 4.78 is 0. The number of carboxylic acid groups (broad SMARTS) is 1. The predicted octanol–water partition coefficient (Wildman–Crippen LogP) is 3.93. The molecule has 0 aliphatic heterocycles. The number of aryl methyl sites for hydroxylation is 1. The van der Waals surface area contributed by atoms with Gasteiger partial charge in [0.2, 0.25) is 0 Å². The van der Waals surface area contributed by atoms with Gasteiger partial charge in [-0.2, -0.15) is 0 Å². The van der Waals surface area contributed by atoms with E-state index in [4.69, 9.17) is 5.11 Å². The number of nitrogens with one attached hydrogen (secondary N) is 1. The topological polar surface area (TPSA) is 49.3 Å². The molecule has 0 saturated carbocycles. The van der Waals surface area contributed by atoms with Crippen molar-refractivity contribution in [2.24, 2.45) is 0 Å². The molecule has 0 amide bonds. The van der Waals surface area contributed by atoms with E-state index in [9.17, 15) is 4.79 Å². The maximum atomic E-state index is 10.9. The molecule has 0 bridgehead atoms. The largest absolute Gasteiger partial charge is 0.478 e. The van der Waals surface area contributed by atoms with Gasteiger partial charge in [-0.05, 0) is 44.2 Å². The zero-order valence-corrected chi connectivity index (χ0v) is 11.1. The van der Waals surface area contributed by atoms with Crippen molar-refractivity contribution in [2.75, 3.05) is 5.32 Å². The van der Waals surface area contributed by atoms with Crippen LogP contribution in [0.3, 0.4) is 0 Å². The van der Waals surface area contributed by atoms with Crippen LogP contribution < -0.4 is 5.32 Å². The van der Waals surface area contributed by atoms with Gasteiger partial charge in [0.25, 0.3) is 0 Å². The molecule has 18 heavy (non-hydrogen) atoms. The Morgan fingerprint density at radius 2 is 2.11 bits per heavy atom. The highest BCUT2D eigenvalue weighted by Crippen LogP contribution is 2.26. The molecule has 0 fully saturated rings. The van der Waals surface area contributed by atoms with Gasteiger partial charge >= 0.3 is 5.97 Å². The van der Waals surface area contributed by atoms with Crippen LogP contribution in [0.4, 0.5) is 5.69 Å². The maximum absolute atomic E-state index is 10.9. The Morgan fingerprint density at radius 3 is 2.72 bits per heavy atom. The maximum Gasteiger partial charge on any atom is 0.335 e. The number of benzene rings is 1. The Balaban J connectivity index is 2.14. The minimum atomic E-state index is -0.904. The molecule has 3 nitrogen and oxygen atoms in total. The van der Waals surface area contributed by atoms with E-state index < -0.39 is 5.97 Å². The van der Waals surface area contributed by atoms with Crippen LogP contribution in [0.25, 0.3) is 0 Å². The second kappa shape index (κ2) is 5.23. The second-order valence-corrected chi connectivity index (χ2v) is 5.52. The van der Waals surface area contributed by atoms with Gasteiger partial charge < -0.3 is 10.4 Å². The Labute approximate surface area is 110 Å². The van der Waals surface area contributed by atoms with E-state index >= 15 is 0 Å². The normalized spacial score (nSPS) is 12.1. The van der Waals surface area contributed by atoms with Crippen molar-refractivity contribution >= 4 is 23.0 Å². The first-order valence-electron chi connectivity index (χ1n) is 5.72. The lowest BCUT2D eigenvalue weighted by Gasteiger charge is -2.14. The van der Waals surface area contributed by atoms with E-state index in [0.717, 1.165) is 5.69 Å². The van der Waals surface area contributed by atoms with Crippen molar-refractivity contribution in [3.05, 3.63) is 51.7 Å². The minimum absolute atomic E-state index is 0.174. The highest BCUT2D eigenvalue weighted by Gasteiger charge is 2.09. The first-order chi connectivity index (χ1) is 8.56. The third kappa shape index (κ3) is 2.90. The van der Waals surface area contributed by atoms with Crippen molar-refractivity contribution in [2.45, 2.75) is 19.9 Å². The van der Waals surface area contributed by atoms with E-state index in [-0.39, 0.29) is 6.04 Å². The number of rotatable bonds is 4. The molecule has 1 unspecified atom stereocenters. The van der Waals surface area contributed by atoms with Gasteiger partial charge in [0, 0.05) is 15.4 Å². The van der Waals surface area contributed by atoms with Crippen LogP contribution in [0.1, 0.15) is 33.1 Å². The van der Waals surface area contributed by atoms with Crippen molar-refractivity contribution in [3.63, 3.8) is 0 Å². The Bertz CT molecular complexity index is 562. The van der Waals surface area contributed by atoms with Gasteiger partial charge in [-0.25, -0.2) is 4.79 Å². The Kier molecular flexibility index (Phi) is 3.67. The fourth-order valence-electron chi connectivity index (χ4n) is 1.75. The summed E-state index contributed by atoms with van der Waals surface area (Å²) in [5, 5.41) is 12.3. The first kappa shape index (κ1) is 12.6. The molecule has 0 aliphatic carbocycles. The summed E-state index contributed by atoms with van der Waals surface area (Å²) in [6.07, 6.45) is 0. The third-order valence-corrected chi connectivity index (χ3v) is 3.86. The number of carbonyl (C=O) groups is 1. The molecular weight excluding hydrogens is 246 g/mol. The van der Waals surface area contributed by atoms with Crippen LogP contribution in [0.15, 0.2) is 36.4 Å². The third-order valence-electron chi connectivity index (χ3n) is 2.68. The van der Waals surface area contributed by atoms with Crippen LogP contribution in [0.2, 0.25) is 0 Å². The molecule has 1 aromatic carbocycles. The molecule has 0 spiro atoms. The number of anilines is 1. The molecule has 2 aromatic rings. The van der Waals surface area contributed by atoms with E-state index in [0.29, 0.717) is 5.56 Å². The van der Waals surface area contributed by atoms with Crippen molar-refractivity contribution in [3.8, 4) is 0 Å². The van der Waals surface area contributed by atoms with Gasteiger partial charge in [-0.1, -0.05) is 6.07 Å². The molecule has 2 N–H and O–H groups in total. The van der Waals surface area contributed by atoms with E-state index in [1.807, 2.05) is 6.07 Å². The fraction of sp³-hybridized carbons (Fsp3) is 0.214. The lowest BCUT2D eigenvalue weighted by molar-refractivity contribution is 0.0697. The molecule has 4 heteroatoms. The molecule has 1 atom stereocenters. The number of hydrogen-bond donors (Lipinski definition) is 2. The van der Waals surface area contributed by atoms with Gasteiger partial charge in [0.05, 0.1) is 11.6 Å². The molecular formula is C14H15NO2S. The first-order valence-corrected chi connectivity index (χ1v) is 6.54. The number of carboxylic acids is 1. The lowest BCUT2D eigenvalue weighted by Crippen LogP contribution is -2.06. The summed E-state index contributed by atoms with van der Waals surface area (Å²) in [5.41, 5.74) is 1.13. The van der Waals surface area contributed by atoms with E-state index in [2.05, 4.69) is 31.3 Å². The zero-order chi connectivity index (χ0) is 13.1. The summed E-state index contributed by atoms with van der Waals surface area (Å²) in [6, 6.07) is 11.2. The average Bonchev–Trinajstić information content (AvgIpc) is 2.76. The lowest BCUT2D eigenvalue weighted by atomic mass is 10.2. The molecule has 0 saturated heterocycles. The summed E-state index contributed by atoms with van der Waals surface area (Å²) in [6.45, 7) is 4.14. The van der Waals surface area contributed by atoms with Crippen LogP contribution >= 0.6 is 11.3 Å². The molecule has 2 rings (SSSR count). The number of aromatic carboxylic acids is 1. The van der Waals surface area contributed by atoms with Crippen LogP contribution in [-0.4, -0.2) is 11.1 Å². The SMILES string of the molecule is Cc1ccc(C(C)Nc2cccc(C(=O)O)c2)s1. The zero-order valence-electron chi connectivity index (χ0n) is 10.3. The minimum Gasteiger partial charge on any atom is -0.478 e. The molecule has 1 heterocycles. The predicted molar refractivity (Wildman–Crippen MR) is 74.5 cm³/mol. The molecule has 94 valence electrons. The summed E-state index contributed by atoms with van der Waals surface area (Å²) in [4.78, 5) is 13.4. The summed E-state index contributed by atoms with van der Waals surface area (Å²) >= 11 is 1.75. The second-order valence-electron chi connectivity index (χ2n) is 4.20. The quantitative estimate of drug-likeness (QED) is 0.876. The van der Waals surface area contributed by atoms with E-state index in [1.165, 1.54) is 9.75 Å². The number of thiophene rings is 1. The molecule has 0 aliphatic rings. The molecule has 1 aromatic heterocycles. The Hall–Kier alpha value is -1.81. The van der Waals surface area contributed by atoms with E-state index in [1.54, 1.807) is 29.5 Å². The van der Waals surface area contributed by atoms with Crippen molar-refractivity contribution in [1.82, 2.24) is 0 Å². The highest BCUT2D eigenvalue weighted by molar-refractivity contribution is 7.12.